The van der Waals surface area contributed by atoms with Crippen molar-refractivity contribution in [3.63, 3.8) is 0 Å². The Balaban J connectivity index is 2.64. The highest BCUT2D eigenvalue weighted by Gasteiger charge is 2.01. The van der Waals surface area contributed by atoms with E-state index < -0.39 is 0 Å². The predicted octanol–water partition coefficient (Wildman–Crippen LogP) is 1.16. The molecule has 1 rings (SSSR count). The fraction of sp³-hybridized carbons (Fsp3) is 0.364. The van der Waals surface area contributed by atoms with Crippen molar-refractivity contribution in [2.75, 3.05) is 13.2 Å². The summed E-state index contributed by atoms with van der Waals surface area (Å²) in [6.07, 6.45) is 2.58. The van der Waals surface area contributed by atoms with Gasteiger partial charge in [0.15, 0.2) is 6.29 Å². The van der Waals surface area contributed by atoms with Crippen molar-refractivity contribution in [2.24, 2.45) is 5.73 Å². The summed E-state index contributed by atoms with van der Waals surface area (Å²) in [4.78, 5) is 10.2. The van der Waals surface area contributed by atoms with E-state index in [1.807, 2.05) is 24.3 Å². The van der Waals surface area contributed by atoms with Gasteiger partial charge in [-0.05, 0) is 31.0 Å². The van der Waals surface area contributed by atoms with E-state index in [9.17, 15) is 4.79 Å². The van der Waals surface area contributed by atoms with Gasteiger partial charge in [-0.1, -0.05) is 18.2 Å². The Hall–Kier alpha value is -1.35. The van der Waals surface area contributed by atoms with Crippen molar-refractivity contribution in [3.05, 3.63) is 29.8 Å². The van der Waals surface area contributed by atoms with Crippen LogP contribution in [0.3, 0.4) is 0 Å². The summed E-state index contributed by atoms with van der Waals surface area (Å²) >= 11 is 0. The summed E-state index contributed by atoms with van der Waals surface area (Å²) in [7, 11) is 0. The van der Waals surface area contributed by atoms with Gasteiger partial charge in [0, 0.05) is 0 Å². The van der Waals surface area contributed by atoms with Crippen molar-refractivity contribution >= 4 is 6.29 Å². The maximum absolute atomic E-state index is 10.2. The molecule has 1 aromatic rings. The fourth-order valence-corrected chi connectivity index (χ4v) is 1.27. The molecule has 0 unspecified atom stereocenters. The number of benzene rings is 1. The number of para-hydroxylation sites is 1. The molecule has 0 saturated heterocycles. The largest absolute Gasteiger partial charge is 0.486 e. The molecule has 1 aromatic carbocycles. The molecule has 0 aliphatic rings. The minimum absolute atomic E-state index is 0.111. The van der Waals surface area contributed by atoms with Gasteiger partial charge in [0.2, 0.25) is 0 Å². The second-order valence-corrected chi connectivity index (χ2v) is 2.98. The second-order valence-electron chi connectivity index (χ2n) is 2.98. The molecule has 0 saturated carbocycles. The number of carbonyl (C=O) groups excluding carboxylic acids is 1. The first-order valence-corrected chi connectivity index (χ1v) is 4.73. The Bertz CT molecular complexity index is 286. The third-order valence-corrected chi connectivity index (χ3v) is 1.93. The number of carbonyl (C=O) groups is 1. The minimum atomic E-state index is 0.111. The van der Waals surface area contributed by atoms with Crippen molar-refractivity contribution in [3.8, 4) is 5.75 Å². The first kappa shape index (κ1) is 10.7. The van der Waals surface area contributed by atoms with Crippen molar-refractivity contribution < 1.29 is 9.53 Å². The van der Waals surface area contributed by atoms with E-state index in [-0.39, 0.29) is 6.61 Å². The third kappa shape index (κ3) is 3.18. The van der Waals surface area contributed by atoms with Gasteiger partial charge >= 0.3 is 0 Å². The fourth-order valence-electron chi connectivity index (χ4n) is 1.27. The van der Waals surface area contributed by atoms with Crippen molar-refractivity contribution in [2.45, 2.75) is 12.8 Å². The van der Waals surface area contributed by atoms with Crippen molar-refractivity contribution in [1.29, 1.82) is 0 Å². The monoisotopic (exact) mass is 193 g/mol. The molecule has 0 aliphatic carbocycles. The molecular weight excluding hydrogens is 178 g/mol. The lowest BCUT2D eigenvalue weighted by Gasteiger charge is -2.08. The standard InChI is InChI=1S/C11H15NO2/c12-7-3-5-10-4-1-2-6-11(10)14-9-8-13/h1-2,4,6,8H,3,5,7,9,12H2. The van der Waals surface area contributed by atoms with Crippen LogP contribution in [0.25, 0.3) is 0 Å². The molecule has 0 aromatic heterocycles. The van der Waals surface area contributed by atoms with Crippen LogP contribution in [0, 0.1) is 0 Å². The Morgan fingerprint density at radius 2 is 2.14 bits per heavy atom. The van der Waals surface area contributed by atoms with E-state index in [4.69, 9.17) is 10.5 Å². The highest BCUT2D eigenvalue weighted by atomic mass is 16.5. The lowest BCUT2D eigenvalue weighted by molar-refractivity contribution is -0.109. The predicted molar refractivity (Wildman–Crippen MR) is 55.4 cm³/mol. The van der Waals surface area contributed by atoms with Gasteiger partial charge in [0.1, 0.15) is 12.4 Å². The molecule has 0 bridgehead atoms. The van der Waals surface area contributed by atoms with Gasteiger partial charge in [-0.25, -0.2) is 0 Å². The summed E-state index contributed by atoms with van der Waals surface area (Å²) in [5, 5.41) is 0. The summed E-state index contributed by atoms with van der Waals surface area (Å²) in [6, 6.07) is 7.72. The molecular formula is C11H15NO2. The number of aryl methyl sites for hydroxylation is 1. The van der Waals surface area contributed by atoms with E-state index in [2.05, 4.69) is 0 Å². The maximum atomic E-state index is 10.2. The van der Waals surface area contributed by atoms with Crippen molar-refractivity contribution in [1.82, 2.24) is 0 Å². The van der Waals surface area contributed by atoms with Gasteiger partial charge < -0.3 is 10.5 Å². The number of nitrogens with two attached hydrogens (primary N) is 1. The highest BCUT2D eigenvalue weighted by molar-refractivity contribution is 5.51. The van der Waals surface area contributed by atoms with Crippen LogP contribution in [0.1, 0.15) is 12.0 Å². The van der Waals surface area contributed by atoms with Crippen LogP contribution < -0.4 is 10.5 Å². The number of hydrogen-bond acceptors (Lipinski definition) is 3. The molecule has 76 valence electrons. The normalized spacial score (nSPS) is 9.79. The molecule has 0 spiro atoms. The Labute approximate surface area is 83.9 Å². The SMILES string of the molecule is NCCCc1ccccc1OCC=O. The maximum Gasteiger partial charge on any atom is 0.157 e. The lowest BCUT2D eigenvalue weighted by Crippen LogP contribution is -2.03. The van der Waals surface area contributed by atoms with E-state index in [1.165, 1.54) is 0 Å². The van der Waals surface area contributed by atoms with Gasteiger partial charge in [0.25, 0.3) is 0 Å². The summed E-state index contributed by atoms with van der Waals surface area (Å²) in [6.45, 7) is 0.779. The minimum Gasteiger partial charge on any atom is -0.486 e. The van der Waals surface area contributed by atoms with Gasteiger partial charge in [0.05, 0.1) is 0 Å². The molecule has 3 nitrogen and oxygen atoms in total. The van der Waals surface area contributed by atoms with E-state index in [1.54, 1.807) is 0 Å². The number of rotatable bonds is 6. The topological polar surface area (TPSA) is 52.3 Å². The quantitative estimate of drug-likeness (QED) is 0.690. The molecule has 2 N–H and O–H groups in total. The van der Waals surface area contributed by atoms with Crippen LogP contribution >= 0.6 is 0 Å². The van der Waals surface area contributed by atoms with Crippen LogP contribution in [0.15, 0.2) is 24.3 Å². The number of ether oxygens (including phenoxy) is 1. The van der Waals surface area contributed by atoms with Crippen LogP contribution in [-0.2, 0) is 11.2 Å². The van der Waals surface area contributed by atoms with Crippen LogP contribution in [0.2, 0.25) is 0 Å². The zero-order valence-electron chi connectivity index (χ0n) is 8.11. The van der Waals surface area contributed by atoms with Gasteiger partial charge in [-0.2, -0.15) is 0 Å². The highest BCUT2D eigenvalue weighted by Crippen LogP contribution is 2.18. The molecule has 0 heterocycles. The first-order chi connectivity index (χ1) is 6.88. The van der Waals surface area contributed by atoms with Crippen LogP contribution in [0.5, 0.6) is 5.75 Å². The summed E-state index contributed by atoms with van der Waals surface area (Å²) in [5.41, 5.74) is 6.54. The van der Waals surface area contributed by atoms with Crippen LogP contribution in [0.4, 0.5) is 0 Å². The Morgan fingerprint density at radius 1 is 1.36 bits per heavy atom. The third-order valence-electron chi connectivity index (χ3n) is 1.93. The Kier molecular flexibility index (Phi) is 4.72. The first-order valence-electron chi connectivity index (χ1n) is 4.73. The lowest BCUT2D eigenvalue weighted by atomic mass is 10.1. The Morgan fingerprint density at radius 3 is 2.86 bits per heavy atom. The molecule has 0 fully saturated rings. The summed E-state index contributed by atoms with van der Waals surface area (Å²) in [5.74, 6) is 0.785. The van der Waals surface area contributed by atoms with E-state index in [0.717, 1.165) is 30.4 Å². The van der Waals surface area contributed by atoms with E-state index >= 15 is 0 Å². The number of aldehydes is 1. The molecule has 3 heteroatoms. The summed E-state index contributed by atoms with van der Waals surface area (Å²) < 4.78 is 5.27. The average Bonchev–Trinajstić information content (AvgIpc) is 2.24. The average molecular weight is 193 g/mol. The molecule has 0 amide bonds. The van der Waals surface area contributed by atoms with Gasteiger partial charge in [-0.3, -0.25) is 4.79 Å². The molecule has 14 heavy (non-hydrogen) atoms. The molecule has 0 atom stereocenters. The van der Waals surface area contributed by atoms with Crippen LogP contribution in [-0.4, -0.2) is 19.4 Å². The molecule has 0 radical (unpaired) electrons. The van der Waals surface area contributed by atoms with E-state index in [0.29, 0.717) is 6.54 Å². The zero-order valence-corrected chi connectivity index (χ0v) is 8.11. The second kappa shape index (κ2) is 6.16. The number of hydrogen-bond donors (Lipinski definition) is 1. The van der Waals surface area contributed by atoms with Gasteiger partial charge in [-0.15, -0.1) is 0 Å². The smallest absolute Gasteiger partial charge is 0.157 e. The zero-order chi connectivity index (χ0) is 10.2. The molecule has 0 aliphatic heterocycles.